The number of hydrogen-bond acceptors (Lipinski definition) is 12. The lowest BCUT2D eigenvalue weighted by atomic mass is 9.84. The molecule has 0 bridgehead atoms. The van der Waals surface area contributed by atoms with Crippen molar-refractivity contribution in [1.29, 1.82) is 15.8 Å². The number of alkyl halides is 9. The second kappa shape index (κ2) is 21.8. The van der Waals surface area contributed by atoms with Gasteiger partial charge in [-0.2, -0.15) is 55.3 Å². The molecule has 3 aliphatic rings. The van der Waals surface area contributed by atoms with Crippen LogP contribution in [0, 0.1) is 51.7 Å². The number of aromatic amines is 3. The van der Waals surface area contributed by atoms with Gasteiger partial charge in [0.15, 0.2) is 16.9 Å². The largest absolute Gasteiger partial charge is 0.392 e. The minimum absolute atomic E-state index is 0.0222. The Morgan fingerprint density at radius 2 is 0.716 bits per heavy atom. The molecule has 30 heteroatoms. The summed E-state index contributed by atoms with van der Waals surface area (Å²) in [7, 11) is 0. The van der Waals surface area contributed by atoms with Crippen LogP contribution < -0.4 is 0 Å². The van der Waals surface area contributed by atoms with Gasteiger partial charge in [0, 0.05) is 75.6 Å². The van der Waals surface area contributed by atoms with E-state index in [4.69, 9.17) is 15.8 Å². The summed E-state index contributed by atoms with van der Waals surface area (Å²) in [6, 6.07) is 10.5. The van der Waals surface area contributed by atoms with Crippen molar-refractivity contribution in [2.75, 3.05) is 39.3 Å². The van der Waals surface area contributed by atoms with Crippen molar-refractivity contribution in [1.82, 2.24) is 72.8 Å². The molecule has 9 aromatic heterocycles. The third-order valence-electron chi connectivity index (χ3n) is 15.1. The summed E-state index contributed by atoms with van der Waals surface area (Å²) in [6.45, 7) is -0.447. The molecule has 0 aliphatic carbocycles. The molecule has 0 aromatic carbocycles. The third-order valence-corrected chi connectivity index (χ3v) is 15.1. The molecule has 6 atom stereocenters. The Morgan fingerprint density at radius 3 is 0.963 bits per heavy atom. The van der Waals surface area contributed by atoms with Crippen molar-refractivity contribution in [2.24, 2.45) is 17.8 Å². The summed E-state index contributed by atoms with van der Waals surface area (Å²) in [5.74, 6) is -8.56. The Kier molecular flexibility index (Phi) is 14.8. The number of halogens is 9. The predicted molar refractivity (Wildman–Crippen MR) is 266 cm³/mol. The number of carbonyl (C=O) groups excluding carboxylic acids is 3. The zero-order valence-corrected chi connectivity index (χ0v) is 42.2. The minimum Gasteiger partial charge on any atom is -0.345 e. The first-order valence-corrected chi connectivity index (χ1v) is 25.2. The molecule has 9 aromatic rings. The lowest BCUT2D eigenvalue weighted by Crippen LogP contribution is -2.47. The fourth-order valence-electron chi connectivity index (χ4n) is 11.3. The zero-order chi connectivity index (χ0) is 57.5. The van der Waals surface area contributed by atoms with Gasteiger partial charge in [-0.3, -0.25) is 27.6 Å². The summed E-state index contributed by atoms with van der Waals surface area (Å²) < 4.78 is 128. The molecule has 0 saturated carbocycles. The number of likely N-dealkylation sites (tertiary alicyclic amines) is 3. The second-order valence-electron chi connectivity index (χ2n) is 19.7. The van der Waals surface area contributed by atoms with Crippen LogP contribution in [0.2, 0.25) is 0 Å². The first kappa shape index (κ1) is 55.1. The number of fused-ring (bicyclic) bond motifs is 9. The number of imidazole rings is 3. The highest BCUT2D eigenvalue weighted by atomic mass is 19.4. The number of nitriles is 3. The average Bonchev–Trinajstić information content (AvgIpc) is 4.41. The zero-order valence-electron chi connectivity index (χ0n) is 42.2. The SMILES string of the molecule is N#CCC(=O)N1CCC(C(F)(F)F)C(c2ncc3cnc4[nH]ccc4n23)C1.N#CCC(=O)N1CC[C@@H](C(F)(F)F)[C@@H](c2ncc3cnc4[nH]ccc4n23)C1.N#CCC(=O)N1CC[C@H](C(F)(F)F)[C@H](c2ncc3cnc4[nH]ccc4n23)C1. The highest BCUT2D eigenvalue weighted by Crippen LogP contribution is 2.46. The summed E-state index contributed by atoms with van der Waals surface area (Å²) in [5.41, 5.74) is 5.25. The van der Waals surface area contributed by atoms with Gasteiger partial charge in [-0.05, 0) is 37.5 Å². The molecule has 420 valence electrons. The monoisotopic (exact) mass is 1130 g/mol. The fourth-order valence-corrected chi connectivity index (χ4v) is 11.3. The lowest BCUT2D eigenvalue weighted by molar-refractivity contribution is -0.193. The van der Waals surface area contributed by atoms with E-state index in [0.717, 1.165) is 0 Å². The van der Waals surface area contributed by atoms with Crippen LogP contribution in [0.15, 0.2) is 74.0 Å². The number of aromatic nitrogens is 12. The summed E-state index contributed by atoms with van der Waals surface area (Å²) in [6.07, 6.45) is -0.893. The van der Waals surface area contributed by atoms with E-state index < -0.39 is 71.8 Å². The van der Waals surface area contributed by atoms with Crippen LogP contribution in [0.5, 0.6) is 0 Å². The van der Waals surface area contributed by atoms with Gasteiger partial charge in [-0.25, -0.2) is 29.9 Å². The number of amides is 3. The van der Waals surface area contributed by atoms with Crippen molar-refractivity contribution < 1.29 is 53.9 Å². The van der Waals surface area contributed by atoms with Crippen LogP contribution in [-0.4, -0.2) is 148 Å². The first-order chi connectivity index (χ1) is 38.7. The number of carbonyl (C=O) groups is 3. The van der Waals surface area contributed by atoms with Crippen LogP contribution in [-0.2, 0) is 14.4 Å². The molecule has 0 radical (unpaired) electrons. The van der Waals surface area contributed by atoms with E-state index >= 15 is 0 Å². The molecule has 81 heavy (non-hydrogen) atoms. The Labute approximate surface area is 450 Å². The van der Waals surface area contributed by atoms with Crippen LogP contribution in [0.25, 0.3) is 50.0 Å². The van der Waals surface area contributed by atoms with Gasteiger partial charge in [0.2, 0.25) is 17.7 Å². The molecule has 3 N–H and O–H groups in total. The number of piperidine rings is 3. The Hall–Kier alpha value is -9.27. The van der Waals surface area contributed by atoms with Gasteiger partial charge in [-0.1, -0.05) is 0 Å². The number of rotatable bonds is 6. The molecule has 3 saturated heterocycles. The number of H-pyrrole nitrogens is 3. The van der Waals surface area contributed by atoms with E-state index in [1.807, 2.05) is 0 Å². The van der Waals surface area contributed by atoms with E-state index in [1.54, 1.807) is 86.8 Å². The molecule has 2 unspecified atom stereocenters. The van der Waals surface area contributed by atoms with E-state index in [2.05, 4.69) is 44.9 Å². The molecule has 12 rings (SSSR count). The van der Waals surface area contributed by atoms with Crippen LogP contribution in [0.4, 0.5) is 39.5 Å². The second-order valence-corrected chi connectivity index (χ2v) is 19.7. The number of hydrogen-bond donors (Lipinski definition) is 3. The summed E-state index contributed by atoms with van der Waals surface area (Å²) in [4.78, 5) is 74.5. The van der Waals surface area contributed by atoms with E-state index in [-0.39, 0.29) is 95.3 Å². The Balaban J connectivity index is 0.000000136. The molecule has 3 amide bonds. The molecular weight excluding hydrogens is 1080 g/mol. The highest BCUT2D eigenvalue weighted by Gasteiger charge is 2.52. The molecule has 0 spiro atoms. The number of nitrogens with one attached hydrogen (secondary N) is 3. The molecular formula is C51H45F9N18O3. The van der Waals surface area contributed by atoms with Crippen molar-refractivity contribution in [2.45, 2.75) is 74.8 Å². The van der Waals surface area contributed by atoms with Crippen LogP contribution in [0.3, 0.4) is 0 Å². The average molecular weight is 1130 g/mol. The van der Waals surface area contributed by atoms with Gasteiger partial charge in [0.1, 0.15) is 36.7 Å². The van der Waals surface area contributed by atoms with Crippen LogP contribution in [0.1, 0.15) is 73.8 Å². The van der Waals surface area contributed by atoms with Gasteiger partial charge in [0.25, 0.3) is 0 Å². The Morgan fingerprint density at radius 1 is 0.457 bits per heavy atom. The Bertz CT molecular complexity index is 3540. The standard InChI is InChI=1S/3C17H15F3N6O/c3*18-17(19,20)12-3-6-25(14(27)1-4-21)9-11(12)16-24-8-10-7-23-15-13(26(10)16)2-5-22-15/h3*2,5,7-8,11-12,22H,1,3,6,9H2/t2*11-,12+;/m10./s1. The smallest absolute Gasteiger partial charge is 0.345 e. The van der Waals surface area contributed by atoms with Gasteiger partial charge in [0.05, 0.1) is 106 Å². The molecule has 3 fully saturated rings. The van der Waals surface area contributed by atoms with Crippen LogP contribution >= 0.6 is 0 Å². The van der Waals surface area contributed by atoms with Crippen molar-refractivity contribution in [3.8, 4) is 18.2 Å². The molecule has 12 heterocycles. The summed E-state index contributed by atoms with van der Waals surface area (Å²) in [5, 5.41) is 26.2. The maximum atomic E-state index is 13.7. The van der Waals surface area contributed by atoms with Crippen molar-refractivity contribution in [3.63, 3.8) is 0 Å². The minimum atomic E-state index is -4.41. The van der Waals surface area contributed by atoms with Crippen molar-refractivity contribution in [3.05, 3.63) is 91.4 Å². The summed E-state index contributed by atoms with van der Waals surface area (Å²) >= 11 is 0. The maximum Gasteiger partial charge on any atom is 0.392 e. The quantitative estimate of drug-likeness (QED) is 0.134. The first-order valence-electron chi connectivity index (χ1n) is 25.2. The lowest BCUT2D eigenvalue weighted by Gasteiger charge is -2.38. The van der Waals surface area contributed by atoms with E-state index in [9.17, 15) is 53.9 Å². The van der Waals surface area contributed by atoms with Gasteiger partial charge < -0.3 is 29.7 Å². The maximum absolute atomic E-state index is 13.7. The predicted octanol–water partition coefficient (Wildman–Crippen LogP) is 7.86. The normalized spacial score (nSPS) is 20.9. The fraction of sp³-hybridized carbons (Fsp3) is 0.412. The van der Waals surface area contributed by atoms with E-state index in [1.165, 1.54) is 33.3 Å². The van der Waals surface area contributed by atoms with Gasteiger partial charge in [-0.15, -0.1) is 0 Å². The highest BCUT2D eigenvalue weighted by molar-refractivity contribution is 5.81. The molecule has 21 nitrogen and oxygen atoms in total. The third kappa shape index (κ3) is 10.7. The van der Waals surface area contributed by atoms with Crippen molar-refractivity contribution >= 4 is 67.8 Å². The van der Waals surface area contributed by atoms with E-state index in [0.29, 0.717) is 50.0 Å². The topological polar surface area (TPSA) is 270 Å². The number of nitrogens with zero attached hydrogens (tertiary/aromatic N) is 15. The van der Waals surface area contributed by atoms with Gasteiger partial charge >= 0.3 is 18.5 Å². The molecule has 3 aliphatic heterocycles.